The third-order valence-corrected chi connectivity index (χ3v) is 2.70. The Morgan fingerprint density at radius 3 is 2.58 bits per heavy atom. The predicted molar refractivity (Wildman–Crippen MR) is 72.8 cm³/mol. The summed E-state index contributed by atoms with van der Waals surface area (Å²) in [6, 6.07) is 9.38. The van der Waals surface area contributed by atoms with Crippen LogP contribution in [0.25, 0.3) is 0 Å². The van der Waals surface area contributed by atoms with Gasteiger partial charge in [-0.15, -0.1) is 0 Å². The molecule has 0 aliphatic rings. The van der Waals surface area contributed by atoms with Crippen molar-refractivity contribution in [1.82, 2.24) is 10.6 Å². The molecule has 0 saturated heterocycles. The van der Waals surface area contributed by atoms with Gasteiger partial charge in [0, 0.05) is 19.0 Å². The molecular formula is C14H20N2O3. The van der Waals surface area contributed by atoms with E-state index >= 15 is 0 Å². The van der Waals surface area contributed by atoms with E-state index < -0.39 is 5.97 Å². The first-order valence-corrected chi connectivity index (χ1v) is 6.38. The topological polar surface area (TPSA) is 78.4 Å². The Kier molecular flexibility index (Phi) is 6.43. The summed E-state index contributed by atoms with van der Waals surface area (Å²) in [6.07, 6.45) is 1.36. The summed E-state index contributed by atoms with van der Waals surface area (Å²) < 4.78 is 0. The number of carboxylic acid groups (broad SMARTS) is 1. The molecule has 0 fully saturated rings. The van der Waals surface area contributed by atoms with Crippen LogP contribution in [0, 0.1) is 0 Å². The minimum absolute atomic E-state index is 0.0323. The van der Waals surface area contributed by atoms with E-state index in [0.717, 1.165) is 5.56 Å². The first kappa shape index (κ1) is 15.0. The van der Waals surface area contributed by atoms with E-state index in [4.69, 9.17) is 5.11 Å². The van der Waals surface area contributed by atoms with Crippen molar-refractivity contribution in [3.63, 3.8) is 0 Å². The van der Waals surface area contributed by atoms with E-state index in [9.17, 15) is 9.59 Å². The Hall–Kier alpha value is -2.04. The lowest BCUT2D eigenvalue weighted by Crippen LogP contribution is -2.40. The molecule has 1 unspecified atom stereocenters. The highest BCUT2D eigenvalue weighted by Crippen LogP contribution is 2.01. The molecule has 0 bridgehead atoms. The van der Waals surface area contributed by atoms with Crippen LogP contribution in [0.5, 0.6) is 0 Å². The summed E-state index contributed by atoms with van der Waals surface area (Å²) >= 11 is 0. The van der Waals surface area contributed by atoms with Crippen molar-refractivity contribution >= 4 is 12.0 Å². The molecule has 0 radical (unpaired) electrons. The molecule has 1 atom stereocenters. The third kappa shape index (κ3) is 7.08. The highest BCUT2D eigenvalue weighted by molar-refractivity contribution is 5.74. The van der Waals surface area contributed by atoms with Crippen molar-refractivity contribution < 1.29 is 14.7 Å². The molecule has 1 aromatic rings. The van der Waals surface area contributed by atoms with Crippen LogP contribution in [0.3, 0.4) is 0 Å². The molecule has 0 aliphatic carbocycles. The standard InChI is InChI=1S/C14H20N2O3/c1-11(6-5-9-13(17)18)16-14(19)15-10-12-7-3-2-4-8-12/h2-4,7-8,11H,5-6,9-10H2,1H3,(H,17,18)(H2,15,16,19). The molecule has 0 spiro atoms. The van der Waals surface area contributed by atoms with Gasteiger partial charge in [-0.3, -0.25) is 4.79 Å². The zero-order valence-electron chi connectivity index (χ0n) is 11.1. The molecule has 0 heterocycles. The van der Waals surface area contributed by atoms with Crippen molar-refractivity contribution in [2.45, 2.75) is 38.8 Å². The van der Waals surface area contributed by atoms with Gasteiger partial charge in [0.25, 0.3) is 0 Å². The van der Waals surface area contributed by atoms with E-state index in [0.29, 0.717) is 19.4 Å². The van der Waals surface area contributed by atoms with Crippen molar-refractivity contribution in [2.75, 3.05) is 0 Å². The Balaban J connectivity index is 2.18. The molecule has 19 heavy (non-hydrogen) atoms. The molecule has 0 aliphatic heterocycles. The number of hydrogen-bond acceptors (Lipinski definition) is 2. The summed E-state index contributed by atoms with van der Waals surface area (Å²) in [5.74, 6) is -0.805. The van der Waals surface area contributed by atoms with Crippen LogP contribution in [-0.2, 0) is 11.3 Å². The summed E-state index contributed by atoms with van der Waals surface area (Å²) in [5, 5.41) is 14.1. The van der Waals surface area contributed by atoms with Gasteiger partial charge in [0.15, 0.2) is 0 Å². The number of carboxylic acids is 1. The number of urea groups is 1. The van der Waals surface area contributed by atoms with Gasteiger partial charge in [-0.1, -0.05) is 30.3 Å². The normalized spacial score (nSPS) is 11.6. The smallest absolute Gasteiger partial charge is 0.315 e. The SMILES string of the molecule is CC(CCCC(=O)O)NC(=O)NCc1ccccc1. The number of nitrogens with one attached hydrogen (secondary N) is 2. The lowest BCUT2D eigenvalue weighted by atomic mass is 10.1. The van der Waals surface area contributed by atoms with Crippen LogP contribution in [0.1, 0.15) is 31.7 Å². The van der Waals surface area contributed by atoms with Crippen LogP contribution >= 0.6 is 0 Å². The number of benzene rings is 1. The predicted octanol–water partition coefficient (Wildman–Crippen LogP) is 2.13. The van der Waals surface area contributed by atoms with Gasteiger partial charge in [0.1, 0.15) is 0 Å². The zero-order valence-corrected chi connectivity index (χ0v) is 11.1. The molecule has 2 amide bonds. The highest BCUT2D eigenvalue weighted by Gasteiger charge is 2.07. The molecule has 5 nitrogen and oxygen atoms in total. The van der Waals surface area contributed by atoms with Crippen LogP contribution < -0.4 is 10.6 Å². The van der Waals surface area contributed by atoms with Gasteiger partial charge in [-0.05, 0) is 25.3 Å². The second-order valence-electron chi connectivity index (χ2n) is 4.50. The molecular weight excluding hydrogens is 244 g/mol. The number of carbonyl (C=O) groups is 2. The second kappa shape index (κ2) is 8.13. The summed E-state index contributed by atoms with van der Waals surface area (Å²) in [7, 11) is 0. The number of rotatable bonds is 7. The van der Waals surface area contributed by atoms with Gasteiger partial charge in [-0.25, -0.2) is 4.79 Å². The summed E-state index contributed by atoms with van der Waals surface area (Å²) in [6.45, 7) is 2.35. The molecule has 104 valence electrons. The molecule has 1 aromatic carbocycles. The lowest BCUT2D eigenvalue weighted by Gasteiger charge is -2.14. The largest absolute Gasteiger partial charge is 0.481 e. The molecule has 0 aromatic heterocycles. The maximum atomic E-state index is 11.6. The fraction of sp³-hybridized carbons (Fsp3) is 0.429. The second-order valence-corrected chi connectivity index (χ2v) is 4.50. The van der Waals surface area contributed by atoms with Crippen LogP contribution in [0.4, 0.5) is 4.79 Å². The lowest BCUT2D eigenvalue weighted by molar-refractivity contribution is -0.137. The maximum absolute atomic E-state index is 11.6. The Bertz CT molecular complexity index is 406. The zero-order chi connectivity index (χ0) is 14.1. The maximum Gasteiger partial charge on any atom is 0.315 e. The first-order chi connectivity index (χ1) is 9.08. The first-order valence-electron chi connectivity index (χ1n) is 6.38. The fourth-order valence-electron chi connectivity index (χ4n) is 1.68. The monoisotopic (exact) mass is 264 g/mol. The van der Waals surface area contributed by atoms with E-state index in [2.05, 4.69) is 10.6 Å². The van der Waals surface area contributed by atoms with Gasteiger partial charge >= 0.3 is 12.0 Å². The van der Waals surface area contributed by atoms with Crippen LogP contribution in [0.2, 0.25) is 0 Å². The van der Waals surface area contributed by atoms with Crippen LogP contribution in [0.15, 0.2) is 30.3 Å². The Labute approximate surface area is 113 Å². The van der Waals surface area contributed by atoms with Gasteiger partial charge in [0.2, 0.25) is 0 Å². The Morgan fingerprint density at radius 2 is 1.95 bits per heavy atom. The minimum atomic E-state index is -0.805. The van der Waals surface area contributed by atoms with Crippen LogP contribution in [-0.4, -0.2) is 23.1 Å². The molecule has 1 rings (SSSR count). The number of amides is 2. The van der Waals surface area contributed by atoms with Crippen molar-refractivity contribution in [2.24, 2.45) is 0 Å². The van der Waals surface area contributed by atoms with E-state index in [1.165, 1.54) is 0 Å². The summed E-state index contributed by atoms with van der Waals surface area (Å²) in [5.41, 5.74) is 1.04. The van der Waals surface area contributed by atoms with Crippen molar-refractivity contribution in [1.29, 1.82) is 0 Å². The fourth-order valence-corrected chi connectivity index (χ4v) is 1.68. The third-order valence-electron chi connectivity index (χ3n) is 2.70. The summed E-state index contributed by atoms with van der Waals surface area (Å²) in [4.78, 5) is 21.9. The van der Waals surface area contributed by atoms with Crippen molar-refractivity contribution in [3.8, 4) is 0 Å². The minimum Gasteiger partial charge on any atom is -0.481 e. The molecule has 5 heteroatoms. The average Bonchev–Trinajstić information content (AvgIpc) is 2.37. The highest BCUT2D eigenvalue weighted by atomic mass is 16.4. The number of carbonyl (C=O) groups excluding carboxylic acids is 1. The molecule has 3 N–H and O–H groups in total. The van der Waals surface area contributed by atoms with Gasteiger partial charge < -0.3 is 15.7 Å². The Morgan fingerprint density at radius 1 is 1.26 bits per heavy atom. The van der Waals surface area contributed by atoms with E-state index in [-0.39, 0.29) is 18.5 Å². The van der Waals surface area contributed by atoms with Gasteiger partial charge in [0.05, 0.1) is 0 Å². The van der Waals surface area contributed by atoms with Gasteiger partial charge in [-0.2, -0.15) is 0 Å². The average molecular weight is 264 g/mol. The number of aliphatic carboxylic acids is 1. The number of hydrogen-bond donors (Lipinski definition) is 3. The van der Waals surface area contributed by atoms with E-state index in [1.54, 1.807) is 0 Å². The van der Waals surface area contributed by atoms with Crippen molar-refractivity contribution in [3.05, 3.63) is 35.9 Å². The van der Waals surface area contributed by atoms with E-state index in [1.807, 2.05) is 37.3 Å². The quantitative estimate of drug-likeness (QED) is 0.706. The molecule has 0 saturated carbocycles.